The minimum absolute atomic E-state index is 0.0544. The Bertz CT molecular complexity index is 1340. The SMILES string of the molecule is CCC[C@@H](NC(=O)[C@@H]1[C@H]2CCC[C@H]2CN1C(=O)[C@@H](NC(=O)[C@@H](NC(=O)c1cnccn1)C1CCCCC1)C(C)(C)C)C(O)C(=O)NC1CC1. The van der Waals surface area contributed by atoms with E-state index in [9.17, 15) is 29.1 Å². The van der Waals surface area contributed by atoms with Gasteiger partial charge in [0.1, 0.15) is 23.8 Å². The lowest BCUT2D eigenvalue weighted by atomic mass is 9.82. The molecule has 2 heterocycles. The Labute approximate surface area is 289 Å². The van der Waals surface area contributed by atoms with Crippen LogP contribution >= 0.6 is 0 Å². The number of likely N-dealkylation sites (tertiary alicyclic amines) is 1. The van der Waals surface area contributed by atoms with Gasteiger partial charge in [-0.1, -0.05) is 59.8 Å². The van der Waals surface area contributed by atoms with Crippen molar-refractivity contribution < 1.29 is 29.1 Å². The number of carbonyl (C=O) groups excluding carboxylic acids is 5. The highest BCUT2D eigenvalue weighted by Gasteiger charge is 2.52. The van der Waals surface area contributed by atoms with Crippen LogP contribution in [0.1, 0.15) is 115 Å². The molecule has 13 heteroatoms. The molecule has 1 unspecified atom stereocenters. The summed E-state index contributed by atoms with van der Waals surface area (Å²) < 4.78 is 0. The Morgan fingerprint density at radius 3 is 2.29 bits per heavy atom. The zero-order valence-electron chi connectivity index (χ0n) is 29.5. The summed E-state index contributed by atoms with van der Waals surface area (Å²) in [7, 11) is 0. The molecule has 1 aromatic heterocycles. The molecule has 0 spiro atoms. The van der Waals surface area contributed by atoms with Gasteiger partial charge in [0, 0.05) is 25.0 Å². The highest BCUT2D eigenvalue weighted by Crippen LogP contribution is 2.43. The van der Waals surface area contributed by atoms with Crippen LogP contribution in [0.2, 0.25) is 0 Å². The maximum atomic E-state index is 14.6. The summed E-state index contributed by atoms with van der Waals surface area (Å²) in [5.41, 5.74) is -0.618. The van der Waals surface area contributed by atoms with Gasteiger partial charge in [-0.2, -0.15) is 0 Å². The molecule has 3 aliphatic carbocycles. The van der Waals surface area contributed by atoms with E-state index in [-0.39, 0.29) is 41.3 Å². The van der Waals surface area contributed by atoms with Crippen molar-refractivity contribution in [2.45, 2.75) is 141 Å². The van der Waals surface area contributed by atoms with E-state index in [4.69, 9.17) is 0 Å². The van der Waals surface area contributed by atoms with Crippen LogP contribution in [0.15, 0.2) is 18.6 Å². The third-order valence-electron chi connectivity index (χ3n) is 10.8. The number of aromatic nitrogens is 2. The number of aliphatic hydroxyl groups is 1. The summed E-state index contributed by atoms with van der Waals surface area (Å²) in [5.74, 6) is -2.18. The first-order valence-corrected chi connectivity index (χ1v) is 18.4. The molecule has 270 valence electrons. The van der Waals surface area contributed by atoms with Crippen molar-refractivity contribution in [3.05, 3.63) is 24.3 Å². The average molecular weight is 682 g/mol. The van der Waals surface area contributed by atoms with E-state index in [0.29, 0.717) is 19.4 Å². The number of rotatable bonds is 13. The smallest absolute Gasteiger partial charge is 0.272 e. The molecule has 49 heavy (non-hydrogen) atoms. The van der Waals surface area contributed by atoms with Gasteiger partial charge in [-0.05, 0) is 68.1 Å². The van der Waals surface area contributed by atoms with Crippen LogP contribution in [0.4, 0.5) is 0 Å². The Morgan fingerprint density at radius 2 is 1.65 bits per heavy atom. The van der Waals surface area contributed by atoms with Gasteiger partial charge in [0.15, 0.2) is 6.10 Å². The first kappa shape index (κ1) is 36.7. The fraction of sp³-hybridized carbons (Fsp3) is 0.750. The minimum Gasteiger partial charge on any atom is -0.381 e. The van der Waals surface area contributed by atoms with Gasteiger partial charge in [-0.15, -0.1) is 0 Å². The molecule has 5 N–H and O–H groups in total. The fourth-order valence-electron chi connectivity index (χ4n) is 8.00. The summed E-state index contributed by atoms with van der Waals surface area (Å²) in [5, 5.41) is 22.6. The van der Waals surface area contributed by atoms with Crippen molar-refractivity contribution in [3.63, 3.8) is 0 Å². The summed E-state index contributed by atoms with van der Waals surface area (Å²) in [6.07, 6.45) is 12.8. The van der Waals surface area contributed by atoms with Crippen molar-refractivity contribution in [1.82, 2.24) is 36.1 Å². The third-order valence-corrected chi connectivity index (χ3v) is 10.8. The van der Waals surface area contributed by atoms with Gasteiger partial charge in [0.05, 0.1) is 12.2 Å². The molecule has 13 nitrogen and oxygen atoms in total. The van der Waals surface area contributed by atoms with E-state index in [0.717, 1.165) is 64.2 Å². The molecule has 0 aromatic carbocycles. The molecule has 4 fully saturated rings. The Morgan fingerprint density at radius 1 is 0.918 bits per heavy atom. The maximum absolute atomic E-state index is 14.6. The molecule has 0 bridgehead atoms. The van der Waals surface area contributed by atoms with Crippen LogP contribution in [-0.2, 0) is 19.2 Å². The largest absolute Gasteiger partial charge is 0.381 e. The number of aliphatic hydroxyl groups excluding tert-OH is 1. The standard InChI is InChI=1S/C36H55N7O6/c1-5-10-25(29(44)34(48)39-23-15-16-23)40-33(47)28-24-14-9-13-22(24)20-43(28)35(49)30(36(2,3)4)42-32(46)27(21-11-7-6-8-12-21)41-31(45)26-19-37-17-18-38-26/h17-19,21-25,27-30,44H,5-16,20H2,1-4H3,(H,39,48)(H,40,47)(H,41,45)(H,42,46)/t22-,24-,25+,27-,28-,29?,30+/m0/s1. The zero-order chi connectivity index (χ0) is 35.3. The van der Waals surface area contributed by atoms with Gasteiger partial charge < -0.3 is 31.3 Å². The first-order valence-electron chi connectivity index (χ1n) is 18.4. The monoisotopic (exact) mass is 681 g/mol. The van der Waals surface area contributed by atoms with Crippen LogP contribution in [0.25, 0.3) is 0 Å². The molecule has 7 atom stereocenters. The van der Waals surface area contributed by atoms with E-state index < -0.39 is 53.4 Å². The predicted molar refractivity (Wildman–Crippen MR) is 182 cm³/mol. The normalized spacial score (nSPS) is 25.0. The average Bonchev–Trinajstić information content (AvgIpc) is 3.65. The lowest BCUT2D eigenvalue weighted by Crippen LogP contribution is -2.62. The second-order valence-corrected chi connectivity index (χ2v) is 15.7. The molecule has 3 saturated carbocycles. The van der Waals surface area contributed by atoms with Crippen molar-refractivity contribution >= 4 is 29.5 Å². The van der Waals surface area contributed by atoms with Crippen molar-refractivity contribution in [3.8, 4) is 0 Å². The van der Waals surface area contributed by atoms with Crippen molar-refractivity contribution in [2.24, 2.45) is 23.2 Å². The molecular formula is C36H55N7O6. The van der Waals surface area contributed by atoms with Crippen LogP contribution in [0, 0.1) is 23.2 Å². The van der Waals surface area contributed by atoms with Crippen LogP contribution in [-0.4, -0.2) is 92.4 Å². The van der Waals surface area contributed by atoms with E-state index >= 15 is 0 Å². The highest BCUT2D eigenvalue weighted by atomic mass is 16.3. The van der Waals surface area contributed by atoms with Gasteiger partial charge in [-0.25, -0.2) is 4.98 Å². The summed E-state index contributed by atoms with van der Waals surface area (Å²) in [6.45, 7) is 7.95. The lowest BCUT2D eigenvalue weighted by molar-refractivity contribution is -0.146. The topological polar surface area (TPSA) is 183 Å². The van der Waals surface area contributed by atoms with E-state index in [1.54, 1.807) is 4.90 Å². The van der Waals surface area contributed by atoms with E-state index in [1.165, 1.54) is 18.6 Å². The number of amides is 5. The fourth-order valence-corrected chi connectivity index (χ4v) is 8.00. The number of nitrogens with zero attached hydrogens (tertiary/aromatic N) is 3. The first-order chi connectivity index (χ1) is 23.4. The molecule has 5 amide bonds. The van der Waals surface area contributed by atoms with Crippen molar-refractivity contribution in [2.75, 3.05) is 6.54 Å². The van der Waals surface area contributed by atoms with Gasteiger partial charge in [0.2, 0.25) is 17.7 Å². The van der Waals surface area contributed by atoms with Gasteiger partial charge >= 0.3 is 0 Å². The van der Waals surface area contributed by atoms with Crippen LogP contribution in [0.5, 0.6) is 0 Å². The van der Waals surface area contributed by atoms with E-state index in [1.807, 2.05) is 27.7 Å². The van der Waals surface area contributed by atoms with Gasteiger partial charge in [-0.3, -0.25) is 29.0 Å². The highest BCUT2D eigenvalue weighted by molar-refractivity contribution is 5.98. The number of nitrogens with one attached hydrogen (secondary N) is 4. The predicted octanol–water partition coefficient (Wildman–Crippen LogP) is 2.24. The number of hydrogen-bond acceptors (Lipinski definition) is 8. The summed E-state index contributed by atoms with van der Waals surface area (Å²) >= 11 is 0. The number of fused-ring (bicyclic) bond motifs is 1. The van der Waals surface area contributed by atoms with Crippen LogP contribution < -0.4 is 21.3 Å². The third kappa shape index (κ3) is 8.95. The molecule has 5 rings (SSSR count). The lowest BCUT2D eigenvalue weighted by Gasteiger charge is -2.38. The second-order valence-electron chi connectivity index (χ2n) is 15.7. The number of hydrogen-bond donors (Lipinski definition) is 5. The Kier molecular flexibility index (Phi) is 11.9. The maximum Gasteiger partial charge on any atom is 0.272 e. The molecule has 1 aromatic rings. The van der Waals surface area contributed by atoms with Gasteiger partial charge in [0.25, 0.3) is 11.8 Å². The summed E-state index contributed by atoms with van der Waals surface area (Å²) in [4.78, 5) is 78.5. The summed E-state index contributed by atoms with van der Waals surface area (Å²) in [6, 6.07) is -3.35. The Hall–Kier alpha value is -3.61. The molecule has 4 aliphatic rings. The molecule has 1 aliphatic heterocycles. The van der Waals surface area contributed by atoms with Crippen molar-refractivity contribution in [1.29, 1.82) is 0 Å². The molecule has 1 saturated heterocycles. The zero-order valence-corrected chi connectivity index (χ0v) is 29.5. The van der Waals surface area contributed by atoms with E-state index in [2.05, 4.69) is 31.2 Å². The Balaban J connectivity index is 1.35. The quantitative estimate of drug-likeness (QED) is 0.210. The molecular weight excluding hydrogens is 626 g/mol. The second kappa shape index (κ2) is 15.9. The number of carbonyl (C=O) groups is 5. The van der Waals surface area contributed by atoms with Crippen LogP contribution in [0.3, 0.4) is 0 Å². The minimum atomic E-state index is -1.40. The molecule has 0 radical (unpaired) electrons.